The van der Waals surface area contributed by atoms with E-state index in [0.29, 0.717) is 23.8 Å². The average molecular weight is 376 g/mol. The molecule has 0 saturated carbocycles. The highest BCUT2D eigenvalue weighted by atomic mass is 16.5. The van der Waals surface area contributed by atoms with Crippen molar-refractivity contribution in [3.63, 3.8) is 0 Å². The molecular formula is C20H20N6O2. The van der Waals surface area contributed by atoms with E-state index in [1.165, 1.54) is 0 Å². The van der Waals surface area contributed by atoms with E-state index in [4.69, 9.17) is 9.26 Å². The number of aromatic amines is 1. The molecule has 1 N–H and O–H groups in total. The maximum absolute atomic E-state index is 5.56. The highest BCUT2D eigenvalue weighted by molar-refractivity contribution is 5.77. The van der Waals surface area contributed by atoms with Crippen LogP contribution in [0.5, 0.6) is 5.75 Å². The molecule has 0 radical (unpaired) electrons. The molecule has 0 fully saturated rings. The number of rotatable bonds is 2. The molecule has 0 bridgehead atoms. The average Bonchev–Trinajstić information content (AvgIpc) is 3.39. The molecule has 4 heterocycles. The molecule has 0 unspecified atom stereocenters. The first kappa shape index (κ1) is 16.7. The summed E-state index contributed by atoms with van der Waals surface area (Å²) in [4.78, 5) is 9.20. The van der Waals surface area contributed by atoms with Crippen LogP contribution in [0, 0.1) is 0 Å². The van der Waals surface area contributed by atoms with Crippen LogP contribution in [0.4, 0.5) is 0 Å². The fraction of sp³-hybridized carbons (Fsp3) is 0.300. The normalized spacial score (nSPS) is 12.9. The van der Waals surface area contributed by atoms with Gasteiger partial charge in [-0.25, -0.2) is 4.98 Å². The Bertz CT molecular complexity index is 1180. The van der Waals surface area contributed by atoms with Gasteiger partial charge in [0.05, 0.1) is 30.4 Å². The van der Waals surface area contributed by atoms with Crippen molar-refractivity contribution in [2.24, 2.45) is 0 Å². The van der Waals surface area contributed by atoms with Gasteiger partial charge < -0.3 is 13.8 Å². The number of nitrogens with zero attached hydrogens (tertiary/aromatic N) is 5. The fourth-order valence-electron chi connectivity index (χ4n) is 3.46. The van der Waals surface area contributed by atoms with Crippen LogP contribution in [-0.2, 0) is 11.8 Å². The summed E-state index contributed by atoms with van der Waals surface area (Å²) in [6.07, 6.45) is 4.29. The number of imidazole rings is 1. The van der Waals surface area contributed by atoms with Gasteiger partial charge in [-0.2, -0.15) is 10.1 Å². The monoisotopic (exact) mass is 376 g/mol. The lowest BCUT2D eigenvalue weighted by Crippen LogP contribution is -2.13. The maximum atomic E-state index is 5.56. The first-order chi connectivity index (χ1) is 13.5. The van der Waals surface area contributed by atoms with Crippen LogP contribution in [0.3, 0.4) is 0 Å². The van der Waals surface area contributed by atoms with Crippen molar-refractivity contribution in [3.8, 4) is 34.3 Å². The van der Waals surface area contributed by atoms with Crippen molar-refractivity contribution in [2.75, 3.05) is 7.11 Å². The van der Waals surface area contributed by atoms with E-state index in [1.54, 1.807) is 13.4 Å². The smallest absolute Gasteiger partial charge is 0.278 e. The van der Waals surface area contributed by atoms with Gasteiger partial charge in [0, 0.05) is 23.0 Å². The van der Waals surface area contributed by atoms with Crippen LogP contribution in [0.15, 0.2) is 35.2 Å². The molecule has 142 valence electrons. The highest BCUT2D eigenvalue weighted by Gasteiger charge is 2.28. The van der Waals surface area contributed by atoms with Crippen molar-refractivity contribution in [3.05, 3.63) is 47.8 Å². The number of ether oxygens (including phenoxy) is 1. The first-order valence-electron chi connectivity index (χ1n) is 9.07. The van der Waals surface area contributed by atoms with Gasteiger partial charge in [-0.15, -0.1) is 0 Å². The number of H-pyrrole nitrogens is 1. The number of hydrogen-bond donors (Lipinski definition) is 1. The number of nitrogens with one attached hydrogen (secondary N) is 1. The van der Waals surface area contributed by atoms with Gasteiger partial charge in [0.2, 0.25) is 0 Å². The molecule has 0 aliphatic carbocycles. The van der Waals surface area contributed by atoms with Gasteiger partial charge in [-0.3, -0.25) is 5.10 Å². The molecule has 0 spiro atoms. The molecule has 4 aromatic rings. The Morgan fingerprint density at radius 3 is 2.86 bits per heavy atom. The molecule has 8 heteroatoms. The van der Waals surface area contributed by atoms with Crippen molar-refractivity contribution >= 4 is 0 Å². The number of methoxy groups -OCH3 is 1. The second-order valence-electron chi connectivity index (χ2n) is 7.91. The van der Waals surface area contributed by atoms with Crippen LogP contribution in [0.1, 0.15) is 37.9 Å². The lowest BCUT2D eigenvalue weighted by molar-refractivity contribution is 0.401. The van der Waals surface area contributed by atoms with E-state index in [2.05, 4.69) is 50.7 Å². The minimum atomic E-state index is -0.195. The largest absolute Gasteiger partial charge is 0.497 e. The second kappa shape index (κ2) is 5.79. The van der Waals surface area contributed by atoms with Gasteiger partial charge in [0.1, 0.15) is 12.1 Å². The summed E-state index contributed by atoms with van der Waals surface area (Å²) in [7, 11) is 1.66. The molecule has 1 aliphatic rings. The van der Waals surface area contributed by atoms with Crippen LogP contribution in [0.25, 0.3) is 28.5 Å². The predicted molar refractivity (Wildman–Crippen MR) is 102 cm³/mol. The van der Waals surface area contributed by atoms with Crippen molar-refractivity contribution < 1.29 is 9.26 Å². The van der Waals surface area contributed by atoms with E-state index in [9.17, 15) is 0 Å². The molecule has 8 nitrogen and oxygen atoms in total. The lowest BCUT2D eigenvalue weighted by atomic mass is 9.96. The summed E-state index contributed by atoms with van der Waals surface area (Å²) < 4.78 is 13.0. The summed E-state index contributed by atoms with van der Waals surface area (Å²) in [6.45, 7) is 6.16. The third-order valence-electron chi connectivity index (χ3n) is 4.97. The van der Waals surface area contributed by atoms with Gasteiger partial charge in [0.25, 0.3) is 5.89 Å². The molecule has 1 aromatic carbocycles. The zero-order valence-electron chi connectivity index (χ0n) is 16.1. The standard InChI is InChI=1S/C20H20N6O2/c1-20(2,3)19-23-18(28-25-19)17-15-7-11-9-22-24-16(11)13-8-12(27-4)5-6-14(13)26(15)10-21-17/h5-6,8-10H,7H2,1-4H3,(H,22,24). The second-order valence-corrected chi connectivity index (χ2v) is 7.91. The molecule has 0 atom stereocenters. The Labute approximate surface area is 161 Å². The van der Waals surface area contributed by atoms with Gasteiger partial charge >= 0.3 is 0 Å². The maximum Gasteiger partial charge on any atom is 0.278 e. The quantitative estimate of drug-likeness (QED) is 0.506. The van der Waals surface area contributed by atoms with Crippen LogP contribution in [-0.4, -0.2) is 37.0 Å². The summed E-state index contributed by atoms with van der Waals surface area (Å²) in [6, 6.07) is 5.97. The molecule has 3 aromatic heterocycles. The molecule has 5 rings (SSSR count). The van der Waals surface area contributed by atoms with Gasteiger partial charge in [-0.05, 0) is 18.2 Å². The number of hydrogen-bond acceptors (Lipinski definition) is 6. The number of aromatic nitrogens is 6. The SMILES string of the molecule is COc1ccc2c(c1)-c1[nH]ncc1Cc1c(-c3nc(C(C)(C)C)no3)ncn1-2. The van der Waals surface area contributed by atoms with E-state index in [1.807, 2.05) is 24.4 Å². The lowest BCUT2D eigenvalue weighted by Gasteiger charge is -2.11. The third-order valence-corrected chi connectivity index (χ3v) is 4.97. The van der Waals surface area contributed by atoms with Crippen molar-refractivity contribution in [1.82, 2.24) is 29.9 Å². The van der Waals surface area contributed by atoms with Gasteiger partial charge in [-0.1, -0.05) is 25.9 Å². The molecule has 1 aliphatic heterocycles. The molecule has 0 amide bonds. The summed E-state index contributed by atoms with van der Waals surface area (Å²) in [5.41, 5.74) is 5.53. The Balaban J connectivity index is 1.71. The third kappa shape index (κ3) is 2.45. The number of benzene rings is 1. The minimum absolute atomic E-state index is 0.195. The zero-order valence-corrected chi connectivity index (χ0v) is 16.1. The zero-order chi connectivity index (χ0) is 19.5. The Morgan fingerprint density at radius 1 is 1.25 bits per heavy atom. The van der Waals surface area contributed by atoms with Gasteiger partial charge in [0.15, 0.2) is 11.5 Å². The topological polar surface area (TPSA) is 94.7 Å². The fourth-order valence-corrected chi connectivity index (χ4v) is 3.46. The van der Waals surface area contributed by atoms with E-state index in [-0.39, 0.29) is 5.41 Å². The summed E-state index contributed by atoms with van der Waals surface area (Å²) in [5.74, 6) is 1.88. The van der Waals surface area contributed by atoms with Crippen LogP contribution < -0.4 is 4.74 Å². The first-order valence-corrected chi connectivity index (χ1v) is 9.07. The highest BCUT2D eigenvalue weighted by Crippen LogP contribution is 2.38. The molecule has 28 heavy (non-hydrogen) atoms. The minimum Gasteiger partial charge on any atom is -0.497 e. The Kier molecular flexibility index (Phi) is 3.46. The molecule has 0 saturated heterocycles. The predicted octanol–water partition coefficient (Wildman–Crippen LogP) is 3.52. The Hall–Kier alpha value is -3.42. The van der Waals surface area contributed by atoms with Crippen molar-refractivity contribution in [1.29, 1.82) is 0 Å². The Morgan fingerprint density at radius 2 is 2.11 bits per heavy atom. The van der Waals surface area contributed by atoms with E-state index < -0.39 is 0 Å². The van der Waals surface area contributed by atoms with E-state index >= 15 is 0 Å². The number of fused-ring (bicyclic) bond motifs is 5. The summed E-state index contributed by atoms with van der Waals surface area (Å²) in [5, 5.41) is 11.5. The van der Waals surface area contributed by atoms with E-state index in [0.717, 1.165) is 34.0 Å². The summed E-state index contributed by atoms with van der Waals surface area (Å²) >= 11 is 0. The van der Waals surface area contributed by atoms with Crippen LogP contribution in [0.2, 0.25) is 0 Å². The van der Waals surface area contributed by atoms with Crippen molar-refractivity contribution in [2.45, 2.75) is 32.6 Å². The molecular weight excluding hydrogens is 356 g/mol. The van der Waals surface area contributed by atoms with Crippen LogP contribution >= 0.6 is 0 Å².